The molecule has 0 saturated carbocycles. The van der Waals surface area contributed by atoms with Gasteiger partial charge in [0, 0.05) is 0 Å². The van der Waals surface area contributed by atoms with Gasteiger partial charge < -0.3 is 5.11 Å². The van der Waals surface area contributed by atoms with Gasteiger partial charge in [-0.15, -0.1) is 0 Å². The predicted octanol–water partition coefficient (Wildman–Crippen LogP) is 1.32. The molecule has 1 radical (unpaired) electrons. The maximum atomic E-state index is 10.1. The van der Waals surface area contributed by atoms with Gasteiger partial charge in [0.25, 0.3) is 0 Å². The van der Waals surface area contributed by atoms with E-state index in [0.29, 0.717) is 0 Å². The van der Waals surface area contributed by atoms with Crippen molar-refractivity contribution >= 4 is 5.97 Å². The molecule has 0 aromatic rings. The van der Waals surface area contributed by atoms with Crippen molar-refractivity contribution in [1.29, 1.82) is 0 Å². The molecule has 47 valence electrons. The summed E-state index contributed by atoms with van der Waals surface area (Å²) in [6.07, 6.45) is 2.59. The molecule has 0 heterocycles. The lowest BCUT2D eigenvalue weighted by Crippen LogP contribution is -2.08. The van der Waals surface area contributed by atoms with Crippen LogP contribution in [0, 0.1) is 12.3 Å². The number of hydrogen-bond donors (Lipinski definition) is 1. The Labute approximate surface area is 49.5 Å². The minimum absolute atomic E-state index is 0.292. The first kappa shape index (κ1) is 7.47. The Morgan fingerprint density at radius 2 is 2.38 bits per heavy atom. The highest BCUT2D eigenvalue weighted by atomic mass is 16.4. The van der Waals surface area contributed by atoms with Gasteiger partial charge in [-0.1, -0.05) is 20.3 Å². The Balaban J connectivity index is 3.32. The van der Waals surface area contributed by atoms with Crippen LogP contribution in [0.2, 0.25) is 0 Å². The van der Waals surface area contributed by atoms with Gasteiger partial charge >= 0.3 is 5.97 Å². The second-order valence-corrected chi connectivity index (χ2v) is 1.77. The molecular weight excluding hydrogens is 104 g/mol. The first-order chi connectivity index (χ1) is 3.68. The van der Waals surface area contributed by atoms with E-state index in [0.717, 1.165) is 6.42 Å². The molecule has 0 aromatic heterocycles. The second-order valence-electron chi connectivity index (χ2n) is 1.77. The molecule has 0 spiro atoms. The fourth-order valence-corrected chi connectivity index (χ4v) is 0.454. The molecule has 2 heteroatoms. The standard InChI is InChI=1S/C6H11O2/c1-3-4-5(2)6(7)8/h4-5H,3H2,1-2H3,(H,7,8). The normalized spacial score (nSPS) is 13.2. The van der Waals surface area contributed by atoms with Gasteiger partial charge in [-0.3, -0.25) is 4.79 Å². The molecule has 1 N–H and O–H groups in total. The molecule has 0 fully saturated rings. The molecule has 1 atom stereocenters. The molecule has 0 aliphatic rings. The van der Waals surface area contributed by atoms with Crippen molar-refractivity contribution in [3.05, 3.63) is 6.42 Å². The monoisotopic (exact) mass is 115 g/mol. The highest BCUT2D eigenvalue weighted by Gasteiger charge is 2.07. The molecular formula is C6H11O2. The van der Waals surface area contributed by atoms with Crippen LogP contribution in [0.15, 0.2) is 0 Å². The second kappa shape index (κ2) is 3.47. The van der Waals surface area contributed by atoms with Crippen molar-refractivity contribution in [3.63, 3.8) is 0 Å². The van der Waals surface area contributed by atoms with Crippen molar-refractivity contribution in [3.8, 4) is 0 Å². The Morgan fingerprint density at radius 3 is 2.50 bits per heavy atom. The highest BCUT2D eigenvalue weighted by Crippen LogP contribution is 2.01. The van der Waals surface area contributed by atoms with E-state index < -0.39 is 5.97 Å². The summed E-state index contributed by atoms with van der Waals surface area (Å²) in [4.78, 5) is 10.1. The van der Waals surface area contributed by atoms with Gasteiger partial charge in [0.1, 0.15) is 0 Å². The highest BCUT2D eigenvalue weighted by molar-refractivity contribution is 5.70. The maximum Gasteiger partial charge on any atom is 0.306 e. The van der Waals surface area contributed by atoms with E-state index in [4.69, 9.17) is 5.11 Å². The third-order valence-corrected chi connectivity index (χ3v) is 0.979. The molecule has 0 amide bonds. The zero-order valence-electron chi connectivity index (χ0n) is 5.22. The molecule has 0 rings (SSSR count). The molecule has 0 bridgehead atoms. The van der Waals surface area contributed by atoms with Crippen molar-refractivity contribution in [1.82, 2.24) is 0 Å². The first-order valence-electron chi connectivity index (χ1n) is 2.74. The van der Waals surface area contributed by atoms with Crippen LogP contribution < -0.4 is 0 Å². The van der Waals surface area contributed by atoms with Crippen LogP contribution in [0.4, 0.5) is 0 Å². The van der Waals surface area contributed by atoms with Crippen molar-refractivity contribution in [2.75, 3.05) is 0 Å². The van der Waals surface area contributed by atoms with Crippen molar-refractivity contribution in [2.24, 2.45) is 5.92 Å². The molecule has 2 nitrogen and oxygen atoms in total. The van der Waals surface area contributed by atoms with Gasteiger partial charge in [0.05, 0.1) is 5.92 Å². The van der Waals surface area contributed by atoms with Gasteiger partial charge in [0.2, 0.25) is 0 Å². The van der Waals surface area contributed by atoms with Crippen LogP contribution in [0.5, 0.6) is 0 Å². The minimum Gasteiger partial charge on any atom is -0.481 e. The molecule has 0 aliphatic carbocycles. The summed E-state index contributed by atoms with van der Waals surface area (Å²) >= 11 is 0. The van der Waals surface area contributed by atoms with Crippen LogP contribution in [0.1, 0.15) is 20.3 Å². The predicted molar refractivity (Wildman–Crippen MR) is 31.4 cm³/mol. The van der Waals surface area contributed by atoms with E-state index in [1.165, 1.54) is 0 Å². The summed E-state index contributed by atoms with van der Waals surface area (Å²) < 4.78 is 0. The average molecular weight is 115 g/mol. The summed E-state index contributed by atoms with van der Waals surface area (Å²) in [6, 6.07) is 0. The van der Waals surface area contributed by atoms with Crippen LogP contribution in [-0.2, 0) is 4.79 Å². The van der Waals surface area contributed by atoms with E-state index >= 15 is 0 Å². The Bertz CT molecular complexity index is 78.6. The fourth-order valence-electron chi connectivity index (χ4n) is 0.454. The number of hydrogen-bond acceptors (Lipinski definition) is 1. The lowest BCUT2D eigenvalue weighted by atomic mass is 10.1. The summed E-state index contributed by atoms with van der Waals surface area (Å²) in [7, 11) is 0. The Hall–Kier alpha value is -0.530. The first-order valence-corrected chi connectivity index (χ1v) is 2.74. The van der Waals surface area contributed by atoms with Crippen LogP contribution in [0.3, 0.4) is 0 Å². The van der Waals surface area contributed by atoms with Gasteiger partial charge in [0.15, 0.2) is 0 Å². The number of rotatable bonds is 3. The van der Waals surface area contributed by atoms with Gasteiger partial charge in [-0.05, 0) is 6.42 Å². The van der Waals surface area contributed by atoms with E-state index in [2.05, 4.69) is 0 Å². The SMILES string of the molecule is CC[CH]C(C)C(=O)O. The summed E-state index contributed by atoms with van der Waals surface area (Å²) in [6.45, 7) is 3.60. The summed E-state index contributed by atoms with van der Waals surface area (Å²) in [5.74, 6) is -1.04. The molecule has 1 unspecified atom stereocenters. The number of carboxylic acids is 1. The maximum absolute atomic E-state index is 10.1. The zero-order chi connectivity index (χ0) is 6.57. The lowest BCUT2D eigenvalue weighted by Gasteiger charge is -1.99. The van der Waals surface area contributed by atoms with Crippen LogP contribution in [0.25, 0.3) is 0 Å². The van der Waals surface area contributed by atoms with Crippen molar-refractivity contribution in [2.45, 2.75) is 20.3 Å². The number of aliphatic carboxylic acids is 1. The topological polar surface area (TPSA) is 37.3 Å². The third-order valence-electron chi connectivity index (χ3n) is 0.979. The molecule has 0 aliphatic heterocycles. The molecule has 0 saturated heterocycles. The molecule has 8 heavy (non-hydrogen) atoms. The van der Waals surface area contributed by atoms with Gasteiger partial charge in [-0.25, -0.2) is 0 Å². The number of carboxylic acid groups (broad SMARTS) is 1. The number of carbonyl (C=O) groups is 1. The fraction of sp³-hybridized carbons (Fsp3) is 0.667. The summed E-state index contributed by atoms with van der Waals surface area (Å²) in [5.41, 5.74) is 0. The van der Waals surface area contributed by atoms with E-state index in [1.54, 1.807) is 13.3 Å². The van der Waals surface area contributed by atoms with E-state index in [9.17, 15) is 4.79 Å². The van der Waals surface area contributed by atoms with E-state index in [1.807, 2.05) is 6.92 Å². The largest absolute Gasteiger partial charge is 0.481 e. The quantitative estimate of drug-likeness (QED) is 0.602. The van der Waals surface area contributed by atoms with Crippen LogP contribution >= 0.6 is 0 Å². The van der Waals surface area contributed by atoms with E-state index in [-0.39, 0.29) is 5.92 Å². The third kappa shape index (κ3) is 2.61. The van der Waals surface area contributed by atoms with Gasteiger partial charge in [-0.2, -0.15) is 0 Å². The van der Waals surface area contributed by atoms with Crippen molar-refractivity contribution < 1.29 is 9.90 Å². The lowest BCUT2D eigenvalue weighted by molar-refractivity contribution is -0.140. The average Bonchev–Trinajstić information content (AvgIpc) is 1.67. The Morgan fingerprint density at radius 1 is 1.88 bits per heavy atom. The Kier molecular flexibility index (Phi) is 3.24. The smallest absolute Gasteiger partial charge is 0.306 e. The minimum atomic E-state index is -0.744. The zero-order valence-corrected chi connectivity index (χ0v) is 5.22. The summed E-state index contributed by atoms with van der Waals surface area (Å²) in [5, 5.41) is 8.28. The van der Waals surface area contributed by atoms with Crippen LogP contribution in [-0.4, -0.2) is 11.1 Å². The molecule has 0 aromatic carbocycles.